The number of carbonyl (C=O) groups excluding carboxylic acids is 1. The first-order valence-corrected chi connectivity index (χ1v) is 11.8. The molecule has 0 unspecified atom stereocenters. The Bertz CT molecular complexity index is 964. The molecule has 4 rings (SSSR count). The first kappa shape index (κ1) is 24.0. The van der Waals surface area contributed by atoms with Gasteiger partial charge in [0.25, 0.3) is 0 Å². The Morgan fingerprint density at radius 3 is 2.91 bits per heavy atom. The van der Waals surface area contributed by atoms with E-state index in [1.807, 2.05) is 25.3 Å². The van der Waals surface area contributed by atoms with E-state index < -0.39 is 11.5 Å². The molecule has 182 valence electrons. The van der Waals surface area contributed by atoms with Crippen molar-refractivity contribution in [1.29, 1.82) is 0 Å². The monoisotopic (exact) mass is 461 g/mol. The summed E-state index contributed by atoms with van der Waals surface area (Å²) in [6.07, 6.45) is 6.59. The molecule has 0 bridgehead atoms. The lowest BCUT2D eigenvalue weighted by Crippen LogP contribution is -2.47. The zero-order chi connectivity index (χ0) is 23.6. The van der Waals surface area contributed by atoms with Crippen LogP contribution in [0.2, 0.25) is 0 Å². The van der Waals surface area contributed by atoms with Gasteiger partial charge in [-0.15, -0.1) is 0 Å². The number of imidazole rings is 1. The van der Waals surface area contributed by atoms with E-state index in [1.54, 1.807) is 12.5 Å². The topological polar surface area (TPSA) is 101 Å². The summed E-state index contributed by atoms with van der Waals surface area (Å²) in [4.78, 5) is 26.9. The van der Waals surface area contributed by atoms with Crippen molar-refractivity contribution in [3.05, 3.63) is 18.9 Å². The highest BCUT2D eigenvalue weighted by atomic mass is 16.8. The van der Waals surface area contributed by atoms with Crippen LogP contribution in [0.1, 0.15) is 53.9 Å². The van der Waals surface area contributed by atoms with Crippen LogP contribution in [0.15, 0.2) is 18.9 Å². The molecule has 3 atom stereocenters. The Morgan fingerprint density at radius 1 is 1.33 bits per heavy atom. The molecule has 2 aliphatic rings. The smallest absolute Gasteiger partial charge is 0.305 e. The number of nitrogens with zero attached hydrogens (tertiary/aromatic N) is 5. The lowest BCUT2D eigenvalue weighted by Gasteiger charge is -2.31. The number of hydrogen-bond donors (Lipinski definition) is 0. The van der Waals surface area contributed by atoms with Crippen LogP contribution >= 0.6 is 0 Å². The van der Waals surface area contributed by atoms with Crippen LogP contribution in [0.4, 0.5) is 0 Å². The molecule has 2 fully saturated rings. The van der Waals surface area contributed by atoms with Gasteiger partial charge in [-0.25, -0.2) is 15.0 Å². The van der Waals surface area contributed by atoms with Crippen LogP contribution in [0.5, 0.6) is 0 Å². The van der Waals surface area contributed by atoms with Crippen LogP contribution in [-0.2, 0) is 29.5 Å². The molecule has 0 spiro atoms. The Labute approximate surface area is 194 Å². The molecule has 0 amide bonds. The average molecular weight is 462 g/mol. The Morgan fingerprint density at radius 2 is 2.15 bits per heavy atom. The lowest BCUT2D eigenvalue weighted by atomic mass is 10.0. The van der Waals surface area contributed by atoms with Crippen LogP contribution in [0, 0.1) is 0 Å². The SMILES string of the molecule is CCOC(=O)CCCCN(C[C@H]1OC[C@@]2(n3cnc4cncnc43)OC(C)(C)O[C@H]12)C(C)C. The summed E-state index contributed by atoms with van der Waals surface area (Å²) < 4.78 is 26.1. The van der Waals surface area contributed by atoms with Crippen molar-refractivity contribution in [2.45, 2.75) is 83.6 Å². The van der Waals surface area contributed by atoms with Crippen molar-refractivity contribution in [2.75, 3.05) is 26.3 Å². The van der Waals surface area contributed by atoms with Gasteiger partial charge in [0.1, 0.15) is 24.1 Å². The molecule has 33 heavy (non-hydrogen) atoms. The second-order valence-corrected chi connectivity index (χ2v) is 9.43. The van der Waals surface area contributed by atoms with Gasteiger partial charge in [0.2, 0.25) is 5.72 Å². The van der Waals surface area contributed by atoms with Crippen molar-refractivity contribution in [3.8, 4) is 0 Å². The van der Waals surface area contributed by atoms with E-state index in [9.17, 15) is 4.79 Å². The molecule has 2 aliphatic heterocycles. The van der Waals surface area contributed by atoms with Gasteiger partial charge >= 0.3 is 5.97 Å². The molecule has 10 heteroatoms. The van der Waals surface area contributed by atoms with Gasteiger partial charge in [-0.1, -0.05) is 0 Å². The maximum Gasteiger partial charge on any atom is 0.305 e. The molecule has 10 nitrogen and oxygen atoms in total. The number of carbonyl (C=O) groups is 1. The maximum atomic E-state index is 11.6. The van der Waals surface area contributed by atoms with Gasteiger partial charge in [-0.3, -0.25) is 14.3 Å². The van der Waals surface area contributed by atoms with Crippen LogP contribution in [-0.4, -0.2) is 80.7 Å². The predicted molar refractivity (Wildman–Crippen MR) is 120 cm³/mol. The number of rotatable bonds is 10. The summed E-state index contributed by atoms with van der Waals surface area (Å²) in [6.45, 7) is 12.4. The van der Waals surface area contributed by atoms with Gasteiger partial charge in [-0.2, -0.15) is 0 Å². The van der Waals surface area contributed by atoms with Crippen LogP contribution in [0.25, 0.3) is 11.2 Å². The Balaban J connectivity index is 1.48. The number of esters is 1. The van der Waals surface area contributed by atoms with Gasteiger partial charge in [0.05, 0.1) is 25.7 Å². The second-order valence-electron chi connectivity index (χ2n) is 9.43. The van der Waals surface area contributed by atoms with Gasteiger partial charge in [0, 0.05) is 19.0 Å². The van der Waals surface area contributed by atoms with E-state index in [4.69, 9.17) is 18.9 Å². The zero-order valence-electron chi connectivity index (χ0n) is 20.2. The van der Waals surface area contributed by atoms with Crippen molar-refractivity contribution in [3.63, 3.8) is 0 Å². The largest absolute Gasteiger partial charge is 0.466 e. The molecule has 2 aromatic heterocycles. The molecule has 0 aromatic carbocycles. The number of hydrogen-bond acceptors (Lipinski definition) is 9. The first-order valence-electron chi connectivity index (χ1n) is 11.8. The highest BCUT2D eigenvalue weighted by Gasteiger charge is 2.63. The maximum absolute atomic E-state index is 11.6. The molecule has 0 N–H and O–H groups in total. The molecule has 0 aliphatic carbocycles. The van der Waals surface area contributed by atoms with E-state index in [0.717, 1.165) is 19.4 Å². The zero-order valence-corrected chi connectivity index (χ0v) is 20.2. The Kier molecular flexibility index (Phi) is 6.99. The average Bonchev–Trinajstić information content (AvgIpc) is 3.40. The third kappa shape index (κ3) is 4.89. The second kappa shape index (κ2) is 9.61. The van der Waals surface area contributed by atoms with Crippen LogP contribution in [0.3, 0.4) is 0 Å². The number of fused-ring (bicyclic) bond motifs is 2. The minimum atomic E-state index is -0.843. The predicted octanol–water partition coefficient (Wildman–Crippen LogP) is 2.47. The van der Waals surface area contributed by atoms with E-state index in [1.165, 1.54) is 6.33 Å². The third-order valence-electron chi connectivity index (χ3n) is 6.27. The first-order chi connectivity index (χ1) is 15.8. The lowest BCUT2D eigenvalue weighted by molar-refractivity contribution is -0.205. The third-order valence-corrected chi connectivity index (χ3v) is 6.27. The summed E-state index contributed by atoms with van der Waals surface area (Å²) >= 11 is 0. The van der Waals surface area contributed by atoms with Gasteiger partial charge in [-0.05, 0) is 54.0 Å². The minimum absolute atomic E-state index is 0.132. The highest BCUT2D eigenvalue weighted by Crippen LogP contribution is 2.47. The molecule has 2 aromatic rings. The quantitative estimate of drug-likeness (QED) is 0.390. The fraction of sp³-hybridized carbons (Fsp3) is 0.739. The van der Waals surface area contributed by atoms with Crippen LogP contribution < -0.4 is 0 Å². The normalized spacial score (nSPS) is 26.4. The summed E-state index contributed by atoms with van der Waals surface area (Å²) in [5, 5.41) is 0. The van der Waals surface area contributed by atoms with Gasteiger partial charge in [0.15, 0.2) is 11.4 Å². The molecule has 0 radical (unpaired) electrons. The molecule has 0 saturated carbocycles. The molecule has 2 saturated heterocycles. The van der Waals surface area contributed by atoms with Crippen molar-refractivity contribution in [2.24, 2.45) is 0 Å². The molecular formula is C23H35N5O5. The number of aromatic nitrogens is 4. The number of unbranched alkanes of at least 4 members (excludes halogenated alkanes) is 1. The van der Waals surface area contributed by atoms with Crippen molar-refractivity contribution < 1.29 is 23.7 Å². The summed E-state index contributed by atoms with van der Waals surface area (Å²) in [6, 6.07) is 0.323. The summed E-state index contributed by atoms with van der Waals surface area (Å²) in [5.41, 5.74) is 0.553. The summed E-state index contributed by atoms with van der Waals surface area (Å²) in [5.74, 6) is -0.897. The van der Waals surface area contributed by atoms with Gasteiger partial charge < -0.3 is 18.9 Å². The minimum Gasteiger partial charge on any atom is -0.466 e. The summed E-state index contributed by atoms with van der Waals surface area (Å²) in [7, 11) is 0. The fourth-order valence-electron chi connectivity index (χ4n) is 4.75. The standard InChI is InChI=1S/C23H35N5O5/c1-6-30-19(29)9-7-8-10-27(16(2)3)12-18-20-23(13-31-18,33-22(4,5)32-20)28-15-26-17-11-24-14-25-21(17)28/h11,14-16,18,20H,6-10,12-13H2,1-5H3/t18-,20-,23-/m1/s1. The van der Waals surface area contributed by atoms with E-state index >= 15 is 0 Å². The highest BCUT2D eigenvalue weighted by molar-refractivity contribution is 5.69. The van der Waals surface area contributed by atoms with Crippen molar-refractivity contribution >= 4 is 17.1 Å². The van der Waals surface area contributed by atoms with E-state index in [-0.39, 0.29) is 18.2 Å². The molecule has 4 heterocycles. The number of ether oxygens (including phenoxy) is 4. The molecular weight excluding hydrogens is 426 g/mol. The fourth-order valence-corrected chi connectivity index (χ4v) is 4.75. The van der Waals surface area contributed by atoms with E-state index in [2.05, 4.69) is 33.7 Å². The van der Waals surface area contributed by atoms with E-state index in [0.29, 0.717) is 43.4 Å². The van der Waals surface area contributed by atoms with Crippen molar-refractivity contribution in [1.82, 2.24) is 24.4 Å². The Hall–Kier alpha value is -2.14.